The lowest BCUT2D eigenvalue weighted by Crippen LogP contribution is -2.56. The molecule has 0 bridgehead atoms. The molecule has 1 saturated carbocycles. The maximum absolute atomic E-state index is 11.7. The number of carbonyl (C=O) groups is 1. The highest BCUT2D eigenvalue weighted by Crippen LogP contribution is 2.36. The molecular formula is C14H25NO4S. The molecule has 1 aliphatic heterocycles. The Morgan fingerprint density at radius 1 is 1.35 bits per heavy atom. The van der Waals surface area contributed by atoms with Gasteiger partial charge in [0.25, 0.3) is 0 Å². The first-order valence-corrected chi connectivity index (χ1v) is 9.35. The molecule has 1 heterocycles. The van der Waals surface area contributed by atoms with Gasteiger partial charge in [-0.2, -0.15) is 0 Å². The van der Waals surface area contributed by atoms with Crippen LogP contribution in [0.5, 0.6) is 0 Å². The lowest BCUT2D eigenvalue weighted by Gasteiger charge is -2.45. The van der Waals surface area contributed by atoms with Gasteiger partial charge >= 0.3 is 5.97 Å². The van der Waals surface area contributed by atoms with Crippen molar-refractivity contribution in [3.63, 3.8) is 0 Å². The molecule has 0 radical (unpaired) electrons. The molecule has 6 heteroatoms. The second kappa shape index (κ2) is 6.02. The number of nitrogens with zero attached hydrogens (tertiary/aromatic N) is 1. The first kappa shape index (κ1) is 15.8. The van der Waals surface area contributed by atoms with Crippen molar-refractivity contribution in [2.45, 2.75) is 51.6 Å². The van der Waals surface area contributed by atoms with Gasteiger partial charge in [-0.15, -0.1) is 0 Å². The van der Waals surface area contributed by atoms with Gasteiger partial charge < -0.3 is 5.11 Å². The average Bonchev–Trinajstić information content (AvgIpc) is 2.36. The summed E-state index contributed by atoms with van der Waals surface area (Å²) in [5.41, 5.74) is 0. The van der Waals surface area contributed by atoms with Crippen LogP contribution in [0.1, 0.15) is 39.5 Å². The van der Waals surface area contributed by atoms with E-state index in [4.69, 9.17) is 0 Å². The number of aliphatic carboxylic acids is 1. The van der Waals surface area contributed by atoms with Crippen molar-refractivity contribution in [1.82, 2.24) is 4.90 Å². The first-order chi connectivity index (χ1) is 9.34. The van der Waals surface area contributed by atoms with Crippen molar-refractivity contribution >= 4 is 15.8 Å². The summed E-state index contributed by atoms with van der Waals surface area (Å²) in [5.74, 6) is -0.184. The van der Waals surface area contributed by atoms with Crippen molar-refractivity contribution in [3.05, 3.63) is 0 Å². The van der Waals surface area contributed by atoms with Crippen LogP contribution >= 0.6 is 0 Å². The summed E-state index contributed by atoms with van der Waals surface area (Å²) in [4.78, 5) is 13.6. The van der Waals surface area contributed by atoms with Gasteiger partial charge in [-0.1, -0.05) is 13.3 Å². The normalized spacial score (nSPS) is 38.5. The fourth-order valence-corrected chi connectivity index (χ4v) is 5.34. The molecule has 4 atom stereocenters. The van der Waals surface area contributed by atoms with E-state index < -0.39 is 15.8 Å². The van der Waals surface area contributed by atoms with E-state index in [0.717, 1.165) is 19.3 Å². The van der Waals surface area contributed by atoms with Crippen LogP contribution in [-0.2, 0) is 14.6 Å². The van der Waals surface area contributed by atoms with E-state index in [1.54, 1.807) is 0 Å². The molecule has 0 amide bonds. The van der Waals surface area contributed by atoms with E-state index in [-0.39, 0.29) is 29.5 Å². The summed E-state index contributed by atoms with van der Waals surface area (Å²) in [7, 11) is -2.95. The molecule has 0 aromatic rings. The van der Waals surface area contributed by atoms with Gasteiger partial charge in [-0.25, -0.2) is 8.42 Å². The Bertz CT molecular complexity index is 462. The minimum atomic E-state index is -2.95. The number of hydrogen-bond donors (Lipinski definition) is 1. The molecule has 0 aromatic heterocycles. The zero-order chi connectivity index (χ0) is 14.9. The SMILES string of the molecule is CCC1CCC(C(=O)O)C(N2CCS(=O)(=O)CC2C)C1. The monoisotopic (exact) mass is 303 g/mol. The maximum atomic E-state index is 11.7. The average molecular weight is 303 g/mol. The Hall–Kier alpha value is -0.620. The molecule has 5 nitrogen and oxygen atoms in total. The first-order valence-electron chi connectivity index (χ1n) is 7.53. The van der Waals surface area contributed by atoms with Crippen LogP contribution in [0.2, 0.25) is 0 Å². The Morgan fingerprint density at radius 2 is 2.05 bits per heavy atom. The van der Waals surface area contributed by atoms with E-state index in [1.807, 2.05) is 6.92 Å². The summed E-state index contributed by atoms with van der Waals surface area (Å²) < 4.78 is 23.4. The van der Waals surface area contributed by atoms with E-state index in [1.165, 1.54) is 0 Å². The van der Waals surface area contributed by atoms with E-state index in [9.17, 15) is 18.3 Å². The van der Waals surface area contributed by atoms with E-state index in [2.05, 4.69) is 11.8 Å². The molecule has 116 valence electrons. The van der Waals surface area contributed by atoms with Crippen molar-refractivity contribution in [2.24, 2.45) is 11.8 Å². The topological polar surface area (TPSA) is 74.7 Å². The molecule has 4 unspecified atom stereocenters. The molecule has 1 N–H and O–H groups in total. The predicted molar refractivity (Wildman–Crippen MR) is 77.4 cm³/mol. The summed E-state index contributed by atoms with van der Waals surface area (Å²) in [6.45, 7) is 4.53. The highest BCUT2D eigenvalue weighted by Gasteiger charge is 2.42. The Balaban J connectivity index is 2.16. The number of carboxylic acids is 1. The molecule has 2 rings (SSSR count). The summed E-state index contributed by atoms with van der Waals surface area (Å²) in [5, 5.41) is 9.44. The molecule has 2 fully saturated rings. The van der Waals surface area contributed by atoms with Gasteiger partial charge in [0.2, 0.25) is 0 Å². The van der Waals surface area contributed by atoms with Crippen molar-refractivity contribution < 1.29 is 18.3 Å². The summed E-state index contributed by atoms with van der Waals surface area (Å²) in [6, 6.07) is -0.0760. The fourth-order valence-electron chi connectivity index (χ4n) is 3.76. The number of carboxylic acid groups (broad SMARTS) is 1. The standard InChI is InChI=1S/C14H25NO4S/c1-3-11-4-5-12(14(16)17)13(8-11)15-6-7-20(18,19)9-10(15)2/h10-13H,3-9H2,1-2H3,(H,16,17). The zero-order valence-corrected chi connectivity index (χ0v) is 13.1. The van der Waals surface area contributed by atoms with Crippen LogP contribution in [0.25, 0.3) is 0 Å². The van der Waals surface area contributed by atoms with Crippen LogP contribution in [0.3, 0.4) is 0 Å². The van der Waals surface area contributed by atoms with Crippen LogP contribution in [0.4, 0.5) is 0 Å². The third kappa shape index (κ3) is 3.34. The Kier molecular flexibility index (Phi) is 4.74. The highest BCUT2D eigenvalue weighted by atomic mass is 32.2. The van der Waals surface area contributed by atoms with Crippen molar-refractivity contribution in [3.8, 4) is 0 Å². The van der Waals surface area contributed by atoms with Crippen molar-refractivity contribution in [1.29, 1.82) is 0 Å². The van der Waals surface area contributed by atoms with Crippen LogP contribution in [0.15, 0.2) is 0 Å². The van der Waals surface area contributed by atoms with Gasteiger partial charge in [0.1, 0.15) is 0 Å². The second-order valence-electron chi connectivity index (χ2n) is 6.30. The Labute approximate surface area is 121 Å². The smallest absolute Gasteiger partial charge is 0.308 e. The fraction of sp³-hybridized carbons (Fsp3) is 0.929. The zero-order valence-electron chi connectivity index (χ0n) is 12.3. The molecule has 1 saturated heterocycles. The second-order valence-corrected chi connectivity index (χ2v) is 8.53. The largest absolute Gasteiger partial charge is 0.481 e. The molecule has 0 aromatic carbocycles. The van der Waals surface area contributed by atoms with E-state index in [0.29, 0.717) is 18.9 Å². The third-order valence-corrected chi connectivity index (χ3v) is 6.76. The van der Waals surface area contributed by atoms with Gasteiger partial charge in [0.05, 0.1) is 17.4 Å². The van der Waals surface area contributed by atoms with Crippen LogP contribution in [0, 0.1) is 11.8 Å². The number of sulfone groups is 1. The molecular weight excluding hydrogens is 278 g/mol. The van der Waals surface area contributed by atoms with E-state index >= 15 is 0 Å². The van der Waals surface area contributed by atoms with Gasteiger partial charge in [0, 0.05) is 18.6 Å². The summed E-state index contributed by atoms with van der Waals surface area (Å²) in [6.07, 6.45) is 3.65. The minimum Gasteiger partial charge on any atom is -0.481 e. The highest BCUT2D eigenvalue weighted by molar-refractivity contribution is 7.91. The van der Waals surface area contributed by atoms with Crippen LogP contribution in [-0.4, -0.2) is 54.5 Å². The lowest BCUT2D eigenvalue weighted by molar-refractivity contribution is -0.146. The quantitative estimate of drug-likeness (QED) is 0.852. The molecule has 20 heavy (non-hydrogen) atoms. The molecule has 2 aliphatic rings. The Morgan fingerprint density at radius 3 is 2.60 bits per heavy atom. The predicted octanol–water partition coefficient (Wildman–Crippen LogP) is 1.38. The molecule has 0 spiro atoms. The van der Waals surface area contributed by atoms with Gasteiger partial charge in [0.15, 0.2) is 9.84 Å². The number of rotatable bonds is 3. The molecule has 1 aliphatic carbocycles. The summed E-state index contributed by atoms with van der Waals surface area (Å²) >= 11 is 0. The van der Waals surface area contributed by atoms with Crippen LogP contribution < -0.4 is 0 Å². The van der Waals surface area contributed by atoms with Gasteiger partial charge in [-0.05, 0) is 32.1 Å². The van der Waals surface area contributed by atoms with Gasteiger partial charge in [-0.3, -0.25) is 9.69 Å². The lowest BCUT2D eigenvalue weighted by atomic mass is 9.76. The minimum absolute atomic E-state index is 0.00306. The van der Waals surface area contributed by atoms with Crippen molar-refractivity contribution in [2.75, 3.05) is 18.1 Å². The maximum Gasteiger partial charge on any atom is 0.308 e. The number of hydrogen-bond acceptors (Lipinski definition) is 4. The third-order valence-electron chi connectivity index (χ3n) is 4.97.